The maximum Gasteiger partial charge on any atom is 0.419 e. The zero-order chi connectivity index (χ0) is 13.0. The van der Waals surface area contributed by atoms with E-state index in [9.17, 15) is 13.2 Å². The van der Waals surface area contributed by atoms with Crippen molar-refractivity contribution >= 4 is 5.82 Å². The Morgan fingerprint density at radius 1 is 1.00 bits per heavy atom. The Hall–Kier alpha value is -2.04. The number of anilines is 1. The fourth-order valence-electron chi connectivity index (χ4n) is 1.56. The van der Waals surface area contributed by atoms with Gasteiger partial charge in [-0.3, -0.25) is 0 Å². The van der Waals surface area contributed by atoms with E-state index < -0.39 is 11.7 Å². The van der Waals surface area contributed by atoms with Gasteiger partial charge in [-0.1, -0.05) is 30.3 Å². The molecule has 0 atom stereocenters. The molecule has 1 aromatic heterocycles. The summed E-state index contributed by atoms with van der Waals surface area (Å²) in [5.74, 6) is -0.145. The van der Waals surface area contributed by atoms with Gasteiger partial charge < -0.3 is 5.32 Å². The van der Waals surface area contributed by atoms with Gasteiger partial charge in [0.05, 0.1) is 5.56 Å². The van der Waals surface area contributed by atoms with Gasteiger partial charge in [0.15, 0.2) is 0 Å². The molecular formula is C13H11F3N2. The Kier molecular flexibility index (Phi) is 3.50. The monoisotopic (exact) mass is 252 g/mol. The number of nitrogens with zero attached hydrogens (tertiary/aromatic N) is 1. The summed E-state index contributed by atoms with van der Waals surface area (Å²) in [4.78, 5) is 3.73. The van der Waals surface area contributed by atoms with E-state index >= 15 is 0 Å². The van der Waals surface area contributed by atoms with Gasteiger partial charge in [0, 0.05) is 12.7 Å². The molecule has 2 rings (SSSR count). The van der Waals surface area contributed by atoms with Crippen LogP contribution in [0.15, 0.2) is 48.7 Å². The number of nitrogens with one attached hydrogen (secondary N) is 1. The third kappa shape index (κ3) is 3.00. The molecule has 0 fully saturated rings. The molecule has 0 amide bonds. The smallest absolute Gasteiger partial charge is 0.365 e. The number of aromatic nitrogens is 1. The number of halogens is 3. The molecule has 2 aromatic rings. The second-order valence-corrected chi connectivity index (χ2v) is 3.74. The average molecular weight is 252 g/mol. The Morgan fingerprint density at radius 2 is 1.72 bits per heavy atom. The first kappa shape index (κ1) is 12.4. The lowest BCUT2D eigenvalue weighted by atomic mass is 10.2. The summed E-state index contributed by atoms with van der Waals surface area (Å²) in [6, 6.07) is 11.5. The van der Waals surface area contributed by atoms with Crippen molar-refractivity contribution in [3.63, 3.8) is 0 Å². The van der Waals surface area contributed by atoms with Crippen molar-refractivity contribution in [3.05, 3.63) is 59.8 Å². The second-order valence-electron chi connectivity index (χ2n) is 3.74. The van der Waals surface area contributed by atoms with Crippen LogP contribution in [0.25, 0.3) is 0 Å². The van der Waals surface area contributed by atoms with Gasteiger partial charge in [0.1, 0.15) is 5.82 Å². The summed E-state index contributed by atoms with van der Waals surface area (Å²) >= 11 is 0. The van der Waals surface area contributed by atoms with Crippen LogP contribution in [0, 0.1) is 0 Å². The van der Waals surface area contributed by atoms with Gasteiger partial charge in [-0.05, 0) is 17.7 Å². The third-order valence-corrected chi connectivity index (χ3v) is 2.42. The standard InChI is InChI=1S/C13H11F3N2/c14-13(15,16)11-7-4-8-17-12(11)18-9-10-5-2-1-3-6-10/h1-8H,9H2,(H,17,18). The van der Waals surface area contributed by atoms with E-state index in [1.54, 1.807) is 0 Å². The molecule has 2 nitrogen and oxygen atoms in total. The largest absolute Gasteiger partial charge is 0.419 e. The summed E-state index contributed by atoms with van der Waals surface area (Å²) in [5.41, 5.74) is 0.150. The lowest BCUT2D eigenvalue weighted by molar-refractivity contribution is -0.137. The van der Waals surface area contributed by atoms with Crippen LogP contribution in [0.3, 0.4) is 0 Å². The van der Waals surface area contributed by atoms with Gasteiger partial charge in [-0.25, -0.2) is 4.98 Å². The van der Waals surface area contributed by atoms with Crippen LogP contribution in [0.5, 0.6) is 0 Å². The van der Waals surface area contributed by atoms with E-state index in [1.165, 1.54) is 12.3 Å². The van der Waals surface area contributed by atoms with Gasteiger partial charge in [-0.15, -0.1) is 0 Å². The van der Waals surface area contributed by atoms with E-state index in [1.807, 2.05) is 30.3 Å². The molecule has 0 bridgehead atoms. The van der Waals surface area contributed by atoms with Crippen LogP contribution in [0.4, 0.5) is 19.0 Å². The summed E-state index contributed by atoms with van der Waals surface area (Å²) in [6.07, 6.45) is -3.06. The minimum atomic E-state index is -4.40. The predicted molar refractivity (Wildman–Crippen MR) is 63.0 cm³/mol. The minimum absolute atomic E-state index is 0.145. The van der Waals surface area contributed by atoms with E-state index in [0.717, 1.165) is 11.6 Å². The number of hydrogen-bond donors (Lipinski definition) is 1. The maximum atomic E-state index is 12.7. The van der Waals surface area contributed by atoms with Crippen molar-refractivity contribution in [2.24, 2.45) is 0 Å². The van der Waals surface area contributed by atoms with Gasteiger partial charge >= 0.3 is 6.18 Å². The minimum Gasteiger partial charge on any atom is -0.365 e. The highest BCUT2D eigenvalue weighted by Gasteiger charge is 2.33. The highest BCUT2D eigenvalue weighted by molar-refractivity contribution is 5.45. The molecule has 1 heterocycles. The molecule has 0 saturated heterocycles. The number of alkyl halides is 3. The molecule has 1 aromatic carbocycles. The van der Waals surface area contributed by atoms with E-state index in [2.05, 4.69) is 10.3 Å². The Labute approximate surface area is 102 Å². The zero-order valence-electron chi connectivity index (χ0n) is 9.41. The molecule has 0 aliphatic heterocycles. The zero-order valence-corrected chi connectivity index (χ0v) is 9.41. The molecule has 0 unspecified atom stereocenters. The van der Waals surface area contributed by atoms with Gasteiger partial charge in [0.2, 0.25) is 0 Å². The summed E-state index contributed by atoms with van der Waals surface area (Å²) in [6.45, 7) is 0.306. The van der Waals surface area contributed by atoms with Gasteiger partial charge in [0.25, 0.3) is 0 Å². The molecule has 0 aliphatic rings. The molecule has 5 heteroatoms. The van der Waals surface area contributed by atoms with Crippen molar-refractivity contribution < 1.29 is 13.2 Å². The number of hydrogen-bond acceptors (Lipinski definition) is 2. The molecule has 0 radical (unpaired) electrons. The normalized spacial score (nSPS) is 11.3. The molecule has 0 spiro atoms. The fraction of sp³-hybridized carbons (Fsp3) is 0.154. The lowest BCUT2D eigenvalue weighted by Crippen LogP contribution is -2.12. The van der Waals surface area contributed by atoms with Crippen LogP contribution in [0.2, 0.25) is 0 Å². The quantitative estimate of drug-likeness (QED) is 0.900. The third-order valence-electron chi connectivity index (χ3n) is 2.42. The Morgan fingerprint density at radius 3 is 2.39 bits per heavy atom. The molecule has 0 saturated carbocycles. The maximum absolute atomic E-state index is 12.7. The first-order valence-corrected chi connectivity index (χ1v) is 5.37. The molecule has 18 heavy (non-hydrogen) atoms. The van der Waals surface area contributed by atoms with Crippen molar-refractivity contribution in [1.82, 2.24) is 4.98 Å². The van der Waals surface area contributed by atoms with Gasteiger partial charge in [-0.2, -0.15) is 13.2 Å². The topological polar surface area (TPSA) is 24.9 Å². The summed E-state index contributed by atoms with van der Waals surface area (Å²) in [7, 11) is 0. The fourth-order valence-corrected chi connectivity index (χ4v) is 1.56. The average Bonchev–Trinajstić information content (AvgIpc) is 2.37. The first-order valence-electron chi connectivity index (χ1n) is 5.37. The van der Waals surface area contributed by atoms with E-state index in [0.29, 0.717) is 6.54 Å². The molecule has 0 aliphatic carbocycles. The SMILES string of the molecule is FC(F)(F)c1cccnc1NCc1ccccc1. The second kappa shape index (κ2) is 5.08. The number of benzene rings is 1. The van der Waals surface area contributed by atoms with Crippen molar-refractivity contribution in [2.45, 2.75) is 12.7 Å². The Bertz CT molecular complexity index is 509. The van der Waals surface area contributed by atoms with E-state index in [4.69, 9.17) is 0 Å². The van der Waals surface area contributed by atoms with Crippen LogP contribution in [0.1, 0.15) is 11.1 Å². The Balaban J connectivity index is 2.15. The summed E-state index contributed by atoms with van der Waals surface area (Å²) in [5, 5.41) is 2.70. The van der Waals surface area contributed by atoms with Crippen molar-refractivity contribution in [2.75, 3.05) is 5.32 Å². The first-order chi connectivity index (χ1) is 8.57. The highest BCUT2D eigenvalue weighted by Crippen LogP contribution is 2.33. The highest BCUT2D eigenvalue weighted by atomic mass is 19.4. The van der Waals surface area contributed by atoms with Crippen molar-refractivity contribution in [3.8, 4) is 0 Å². The molecule has 94 valence electrons. The van der Waals surface area contributed by atoms with Crippen molar-refractivity contribution in [1.29, 1.82) is 0 Å². The van der Waals surface area contributed by atoms with Crippen LogP contribution in [-0.2, 0) is 12.7 Å². The molecule has 1 N–H and O–H groups in total. The number of pyridine rings is 1. The van der Waals surface area contributed by atoms with Crippen LogP contribution >= 0.6 is 0 Å². The van der Waals surface area contributed by atoms with Crippen LogP contribution in [-0.4, -0.2) is 4.98 Å². The molecular weight excluding hydrogens is 241 g/mol. The number of rotatable bonds is 3. The summed E-state index contributed by atoms with van der Waals surface area (Å²) < 4.78 is 38.1. The van der Waals surface area contributed by atoms with E-state index in [-0.39, 0.29) is 5.82 Å². The lowest BCUT2D eigenvalue weighted by Gasteiger charge is -2.13. The van der Waals surface area contributed by atoms with Crippen LogP contribution < -0.4 is 5.32 Å². The predicted octanol–water partition coefficient (Wildman–Crippen LogP) is 3.71.